The number of esters is 1. The van der Waals surface area contributed by atoms with Gasteiger partial charge in [0.1, 0.15) is 11.6 Å². The van der Waals surface area contributed by atoms with E-state index in [1.54, 1.807) is 44.2 Å². The van der Waals surface area contributed by atoms with Crippen molar-refractivity contribution < 1.29 is 41.3 Å². The van der Waals surface area contributed by atoms with E-state index in [0.717, 1.165) is 11.6 Å². The maximum absolute atomic E-state index is 15.4. The van der Waals surface area contributed by atoms with Crippen LogP contribution in [0.15, 0.2) is 59.2 Å². The van der Waals surface area contributed by atoms with Crippen LogP contribution in [0.4, 0.5) is 22.0 Å². The van der Waals surface area contributed by atoms with Gasteiger partial charge in [-0.1, -0.05) is 24.3 Å². The average molecular weight is 811 g/mol. The lowest BCUT2D eigenvalue weighted by molar-refractivity contribution is -0.147. The fourth-order valence-electron chi connectivity index (χ4n) is 5.45. The van der Waals surface area contributed by atoms with Crippen molar-refractivity contribution in [1.29, 1.82) is 0 Å². The minimum atomic E-state index is -3.12. The van der Waals surface area contributed by atoms with Gasteiger partial charge in [-0.3, -0.25) is 10.1 Å². The van der Waals surface area contributed by atoms with Gasteiger partial charge in [-0.05, 0) is 77.3 Å². The van der Waals surface area contributed by atoms with Gasteiger partial charge < -0.3 is 19.6 Å². The van der Waals surface area contributed by atoms with Crippen LogP contribution in [0.1, 0.15) is 49.7 Å². The third-order valence-electron chi connectivity index (χ3n) is 7.91. The largest absolute Gasteiger partial charge is 0.463 e. The Morgan fingerprint density at radius 1 is 1.12 bits per heavy atom. The number of hydrogen-bond acceptors (Lipinski definition) is 8. The highest BCUT2D eigenvalue weighted by molar-refractivity contribution is 9.10. The zero-order chi connectivity index (χ0) is 37.6. The summed E-state index contributed by atoms with van der Waals surface area (Å²) in [6.45, 7) is 2.66. The van der Waals surface area contributed by atoms with E-state index >= 15 is 17.6 Å². The minimum Gasteiger partial charge on any atom is -0.463 e. The molecule has 1 atom stereocenters. The predicted octanol–water partition coefficient (Wildman–Crippen LogP) is 8.25. The summed E-state index contributed by atoms with van der Waals surface area (Å²) >= 11 is 4.48. The lowest BCUT2D eigenvalue weighted by Crippen LogP contribution is -2.36. The Hall–Kier alpha value is -3.99. The van der Waals surface area contributed by atoms with Crippen molar-refractivity contribution in [1.82, 2.24) is 25.1 Å². The van der Waals surface area contributed by atoms with E-state index in [1.165, 1.54) is 41.8 Å². The number of H-pyrrole nitrogens is 1. The molecule has 5 aromatic rings. The quantitative estimate of drug-likeness (QED) is 0.0373. The van der Waals surface area contributed by atoms with E-state index in [1.807, 2.05) is 0 Å². The number of carbonyl (C=O) groups excluding carboxylic acids is 1. The number of nitrogens with one attached hydrogen (secondary N) is 2. The number of ether oxygens (including phenoxy) is 2. The number of aromatic amines is 1. The van der Waals surface area contributed by atoms with E-state index in [0.29, 0.717) is 23.1 Å². The topological polar surface area (TPSA) is 114 Å². The molecule has 16 heteroatoms. The molecule has 0 fully saturated rings. The molecule has 3 aromatic carbocycles. The first-order valence-electron chi connectivity index (χ1n) is 16.4. The Labute approximate surface area is 309 Å². The van der Waals surface area contributed by atoms with Gasteiger partial charge in [-0.25, -0.2) is 27.2 Å². The predicted molar refractivity (Wildman–Crippen MR) is 192 cm³/mol. The normalized spacial score (nSPS) is 12.5. The smallest absolute Gasteiger partial charge is 0.306 e. The van der Waals surface area contributed by atoms with Gasteiger partial charge in [0, 0.05) is 37.2 Å². The number of benzene rings is 3. The molecule has 278 valence electrons. The second-order valence-electron chi connectivity index (χ2n) is 12.2. The number of aromatic nitrogens is 4. The molecule has 2 heterocycles. The van der Waals surface area contributed by atoms with Crippen molar-refractivity contribution in [2.75, 3.05) is 24.7 Å². The van der Waals surface area contributed by atoms with E-state index < -0.39 is 48.1 Å². The molecule has 0 aliphatic carbocycles. The number of rotatable bonds is 17. The highest BCUT2D eigenvalue weighted by Crippen LogP contribution is 2.41. The van der Waals surface area contributed by atoms with Crippen LogP contribution in [-0.4, -0.2) is 67.5 Å². The Balaban J connectivity index is 1.46. The number of alkyl halides is 2. The van der Waals surface area contributed by atoms with Gasteiger partial charge in [0.25, 0.3) is 5.92 Å². The van der Waals surface area contributed by atoms with Gasteiger partial charge >= 0.3 is 5.97 Å². The van der Waals surface area contributed by atoms with Crippen LogP contribution in [0.3, 0.4) is 0 Å². The van der Waals surface area contributed by atoms with E-state index in [4.69, 9.17) is 14.6 Å². The monoisotopic (exact) mass is 809 g/mol. The molecule has 3 N–H and O–H groups in total. The van der Waals surface area contributed by atoms with Crippen molar-refractivity contribution >= 4 is 44.6 Å². The van der Waals surface area contributed by atoms with Crippen molar-refractivity contribution in [2.24, 2.45) is 7.05 Å². The summed E-state index contributed by atoms with van der Waals surface area (Å²) in [5, 5.41) is 16.7. The zero-order valence-corrected chi connectivity index (χ0v) is 30.9. The highest BCUT2D eigenvalue weighted by Gasteiger charge is 2.32. The standard InChI is InChI=1S/C36H37BrF5N5O4S/c1-20(2)50-27(49)10-7-21-5-4-6-22(17-21)31(44-19-36(41,42)12-15-52-16-14-48)34-45-35(47(3)46-34)25-18-23(8-9-26(25)38)51-33-28(37)24-11-13-43-32(24)29(39)30(33)40/h4-6,8-9,11,13,17-18,20,31,43-44,48H,7,10,12,14-16,19H2,1-3H3. The molecule has 0 radical (unpaired) electrons. The highest BCUT2D eigenvalue weighted by atomic mass is 79.9. The summed E-state index contributed by atoms with van der Waals surface area (Å²) in [6.07, 6.45) is 1.19. The molecule has 0 saturated heterocycles. The molecular formula is C36H37BrF5N5O4S. The second kappa shape index (κ2) is 17.2. The van der Waals surface area contributed by atoms with E-state index in [9.17, 15) is 9.18 Å². The van der Waals surface area contributed by atoms with Crippen molar-refractivity contribution in [2.45, 2.75) is 51.2 Å². The van der Waals surface area contributed by atoms with Crippen molar-refractivity contribution in [3.05, 3.63) is 93.6 Å². The first kappa shape index (κ1) is 39.2. The minimum absolute atomic E-state index is 0.0105. The van der Waals surface area contributed by atoms with Crippen LogP contribution in [0, 0.1) is 17.5 Å². The number of aryl methyl sites for hydroxylation is 2. The fourth-order valence-corrected chi connectivity index (χ4v) is 6.81. The summed E-state index contributed by atoms with van der Waals surface area (Å²) in [4.78, 5) is 19.4. The van der Waals surface area contributed by atoms with Crippen LogP contribution in [-0.2, 0) is 23.0 Å². The SMILES string of the molecule is CC(C)OC(=O)CCc1cccc(C(NCC(F)(F)CCSCCO)c2nc(-c3cc(Oc4c(F)c(F)c5[nH]ccc5c4Br)ccc3F)n(C)n2)c1. The average Bonchev–Trinajstić information content (AvgIpc) is 3.75. The summed E-state index contributed by atoms with van der Waals surface area (Å²) in [6, 6.07) is 11.1. The Kier molecular flexibility index (Phi) is 13.0. The molecule has 1 unspecified atom stereocenters. The molecule has 0 aliphatic rings. The van der Waals surface area contributed by atoms with Crippen LogP contribution in [0.2, 0.25) is 0 Å². The third kappa shape index (κ3) is 9.51. The van der Waals surface area contributed by atoms with Crippen molar-refractivity contribution in [3.8, 4) is 22.9 Å². The Bertz CT molecular complexity index is 2020. The number of halogens is 6. The van der Waals surface area contributed by atoms with Crippen LogP contribution >= 0.6 is 27.7 Å². The fraction of sp³-hybridized carbons (Fsp3) is 0.361. The molecule has 2 aromatic heterocycles. The van der Waals surface area contributed by atoms with E-state index in [-0.39, 0.29) is 63.8 Å². The Morgan fingerprint density at radius 3 is 2.65 bits per heavy atom. The maximum Gasteiger partial charge on any atom is 0.306 e. The summed E-state index contributed by atoms with van der Waals surface area (Å²) in [5.74, 6) is -6.57. The number of aliphatic hydroxyl groups is 1. The first-order chi connectivity index (χ1) is 24.8. The van der Waals surface area contributed by atoms with Gasteiger partial charge in [0.2, 0.25) is 5.82 Å². The molecule has 5 rings (SSSR count). The van der Waals surface area contributed by atoms with Crippen LogP contribution < -0.4 is 10.1 Å². The molecule has 0 saturated carbocycles. The summed E-state index contributed by atoms with van der Waals surface area (Å²) < 4.78 is 87.7. The summed E-state index contributed by atoms with van der Waals surface area (Å²) in [5.41, 5.74) is 1.12. The third-order valence-corrected chi connectivity index (χ3v) is 9.66. The molecular weight excluding hydrogens is 773 g/mol. The van der Waals surface area contributed by atoms with Gasteiger partial charge in [0.05, 0.1) is 40.9 Å². The van der Waals surface area contributed by atoms with Crippen molar-refractivity contribution in [3.63, 3.8) is 0 Å². The molecule has 0 spiro atoms. The van der Waals surface area contributed by atoms with Gasteiger partial charge in [-0.15, -0.1) is 0 Å². The number of nitrogens with zero attached hydrogens (tertiary/aromatic N) is 3. The van der Waals surface area contributed by atoms with Gasteiger partial charge in [-0.2, -0.15) is 21.3 Å². The van der Waals surface area contributed by atoms with Crippen LogP contribution in [0.5, 0.6) is 11.5 Å². The molecule has 0 aliphatic heterocycles. The second-order valence-corrected chi connectivity index (χ2v) is 14.3. The number of hydrogen-bond donors (Lipinski definition) is 3. The number of carbonyl (C=O) groups is 1. The lowest BCUT2D eigenvalue weighted by atomic mass is 10.0. The molecule has 0 bridgehead atoms. The Morgan fingerprint density at radius 2 is 1.90 bits per heavy atom. The number of thioether (sulfide) groups is 1. The summed E-state index contributed by atoms with van der Waals surface area (Å²) in [7, 11) is 1.51. The molecule has 52 heavy (non-hydrogen) atoms. The first-order valence-corrected chi connectivity index (χ1v) is 18.3. The molecule has 0 amide bonds. The zero-order valence-electron chi connectivity index (χ0n) is 28.5. The number of fused-ring (bicyclic) bond motifs is 1. The van der Waals surface area contributed by atoms with E-state index in [2.05, 4.69) is 36.3 Å². The van der Waals surface area contributed by atoms with Gasteiger partial charge in [0.15, 0.2) is 23.2 Å². The number of aliphatic hydroxyl groups excluding tert-OH is 1. The molecule has 9 nitrogen and oxygen atoms in total. The lowest BCUT2D eigenvalue weighted by Gasteiger charge is -2.22. The van der Waals surface area contributed by atoms with Crippen LogP contribution in [0.25, 0.3) is 22.3 Å². The maximum atomic E-state index is 15.4.